The number of amides is 1. The molecule has 0 N–H and O–H groups in total. The summed E-state index contributed by atoms with van der Waals surface area (Å²) >= 11 is 0. The second kappa shape index (κ2) is 5.90. The highest BCUT2D eigenvalue weighted by Gasteiger charge is 2.31. The van der Waals surface area contributed by atoms with Crippen LogP contribution in [0.1, 0.15) is 42.9 Å². The minimum absolute atomic E-state index is 0.0364. The Morgan fingerprint density at radius 3 is 2.50 bits per heavy atom. The highest BCUT2D eigenvalue weighted by atomic mass is 16.2. The third-order valence-electron chi connectivity index (χ3n) is 3.36. The van der Waals surface area contributed by atoms with E-state index in [0.29, 0.717) is 12.2 Å². The summed E-state index contributed by atoms with van der Waals surface area (Å²) in [5, 5.41) is 4.29. The molecule has 2 heterocycles. The Morgan fingerprint density at radius 1 is 1.20 bits per heavy atom. The third-order valence-corrected chi connectivity index (χ3v) is 3.36. The van der Waals surface area contributed by atoms with E-state index in [1.807, 2.05) is 60.7 Å². The van der Waals surface area contributed by atoms with Gasteiger partial charge in [-0.2, -0.15) is 5.10 Å². The van der Waals surface area contributed by atoms with Crippen LogP contribution in [0.15, 0.2) is 36.5 Å². The molecular weight excluding hydrogens is 250 g/mol. The molecule has 0 saturated heterocycles. The number of para-hydroxylation sites is 1. The normalized spacial score (nSPS) is 17.3. The topological polar surface area (TPSA) is 38.1 Å². The van der Waals surface area contributed by atoms with Gasteiger partial charge in [0, 0.05) is 17.8 Å². The number of anilines is 1. The van der Waals surface area contributed by atoms with Gasteiger partial charge in [-0.05, 0) is 26.0 Å². The fraction of sp³-hybridized carbons (Fsp3) is 0.375. The molecule has 1 atom stereocenters. The van der Waals surface area contributed by atoms with Gasteiger partial charge in [-0.25, -0.2) is 0 Å². The Bertz CT molecular complexity index is 589. The molecule has 106 valence electrons. The van der Waals surface area contributed by atoms with Crippen LogP contribution in [0.2, 0.25) is 0 Å². The molecule has 0 radical (unpaired) electrons. The molecule has 0 bridgehead atoms. The van der Waals surface area contributed by atoms with Gasteiger partial charge in [-0.3, -0.25) is 9.48 Å². The maximum absolute atomic E-state index is 12.5. The van der Waals surface area contributed by atoms with E-state index < -0.39 is 0 Å². The summed E-state index contributed by atoms with van der Waals surface area (Å²) in [6.07, 6.45) is 1.76. The molecule has 3 rings (SSSR count). The Balaban J connectivity index is 0.000000704. The number of benzene rings is 1. The van der Waals surface area contributed by atoms with Crippen molar-refractivity contribution in [3.8, 4) is 0 Å². The summed E-state index contributed by atoms with van der Waals surface area (Å²) in [6, 6.07) is 9.99. The highest BCUT2D eigenvalue weighted by molar-refractivity contribution is 6.06. The summed E-state index contributed by atoms with van der Waals surface area (Å²) in [5.74, 6) is 0.0364. The van der Waals surface area contributed by atoms with Crippen LogP contribution in [0, 0.1) is 6.92 Å². The fourth-order valence-corrected chi connectivity index (χ4v) is 2.43. The monoisotopic (exact) mass is 271 g/mol. The number of carbonyl (C=O) groups excluding carboxylic acids is 1. The van der Waals surface area contributed by atoms with Gasteiger partial charge in [0.2, 0.25) is 0 Å². The smallest absolute Gasteiger partial charge is 0.276 e. The van der Waals surface area contributed by atoms with Gasteiger partial charge in [-0.1, -0.05) is 32.0 Å². The summed E-state index contributed by atoms with van der Waals surface area (Å²) < 4.78 is 1.83. The fourth-order valence-electron chi connectivity index (χ4n) is 2.43. The van der Waals surface area contributed by atoms with Crippen molar-refractivity contribution >= 4 is 11.6 Å². The molecule has 1 aliphatic heterocycles. The van der Waals surface area contributed by atoms with Crippen LogP contribution in [0.4, 0.5) is 5.69 Å². The zero-order valence-corrected chi connectivity index (χ0v) is 12.5. The zero-order chi connectivity index (χ0) is 14.7. The molecule has 1 aromatic heterocycles. The quantitative estimate of drug-likeness (QED) is 0.797. The van der Waals surface area contributed by atoms with Crippen LogP contribution in [-0.4, -0.2) is 22.2 Å². The Morgan fingerprint density at radius 2 is 1.85 bits per heavy atom. The Labute approximate surface area is 120 Å². The predicted molar refractivity (Wildman–Crippen MR) is 81.1 cm³/mol. The summed E-state index contributed by atoms with van der Waals surface area (Å²) in [5.41, 5.74) is 2.59. The Hall–Kier alpha value is -2.10. The molecule has 0 fully saturated rings. The second-order valence-electron chi connectivity index (χ2n) is 4.72. The molecule has 1 aliphatic rings. The lowest BCUT2D eigenvalue weighted by Gasteiger charge is -2.32. The summed E-state index contributed by atoms with van der Waals surface area (Å²) in [6.45, 7) is 8.67. The molecule has 1 amide bonds. The molecule has 0 aliphatic carbocycles. The first kappa shape index (κ1) is 14.3. The molecule has 0 saturated carbocycles. The van der Waals surface area contributed by atoms with Gasteiger partial charge in [-0.15, -0.1) is 0 Å². The van der Waals surface area contributed by atoms with E-state index >= 15 is 0 Å². The average Bonchev–Trinajstić information content (AvgIpc) is 2.89. The van der Waals surface area contributed by atoms with Gasteiger partial charge in [0.1, 0.15) is 5.69 Å². The SMILES string of the molecule is CC.Cc1cnn2c1C(=O)N(c1ccccc1)CC2C. The predicted octanol–water partition coefficient (Wildman–Crippen LogP) is 3.44. The van der Waals surface area contributed by atoms with Crippen LogP contribution in [0.25, 0.3) is 0 Å². The number of nitrogens with zero attached hydrogens (tertiary/aromatic N) is 3. The largest absolute Gasteiger partial charge is 0.305 e. The number of hydrogen-bond donors (Lipinski definition) is 0. The molecule has 0 spiro atoms. The lowest BCUT2D eigenvalue weighted by atomic mass is 10.1. The number of hydrogen-bond acceptors (Lipinski definition) is 2. The van der Waals surface area contributed by atoms with E-state index in [-0.39, 0.29) is 11.9 Å². The van der Waals surface area contributed by atoms with Crippen molar-refractivity contribution in [1.29, 1.82) is 0 Å². The van der Waals surface area contributed by atoms with Crippen molar-refractivity contribution in [3.63, 3.8) is 0 Å². The van der Waals surface area contributed by atoms with Crippen molar-refractivity contribution in [2.24, 2.45) is 0 Å². The zero-order valence-electron chi connectivity index (χ0n) is 12.5. The second-order valence-corrected chi connectivity index (χ2v) is 4.72. The standard InChI is InChI=1S/C14H15N3O.C2H6/c1-10-8-15-17-11(2)9-16(14(18)13(10)17)12-6-4-3-5-7-12;1-2/h3-8,11H,9H2,1-2H3;1-2H3. The van der Waals surface area contributed by atoms with Crippen molar-refractivity contribution in [2.45, 2.75) is 33.7 Å². The number of aryl methyl sites for hydroxylation is 1. The maximum atomic E-state index is 12.5. The van der Waals surface area contributed by atoms with E-state index in [1.54, 1.807) is 6.20 Å². The van der Waals surface area contributed by atoms with Crippen LogP contribution in [-0.2, 0) is 0 Å². The molecule has 4 heteroatoms. The van der Waals surface area contributed by atoms with Crippen molar-refractivity contribution in [2.75, 3.05) is 11.4 Å². The number of carbonyl (C=O) groups is 1. The van der Waals surface area contributed by atoms with Crippen LogP contribution >= 0.6 is 0 Å². The van der Waals surface area contributed by atoms with Crippen molar-refractivity contribution < 1.29 is 4.79 Å². The average molecular weight is 271 g/mol. The first-order valence-electron chi connectivity index (χ1n) is 7.09. The first-order chi connectivity index (χ1) is 9.68. The number of aromatic nitrogens is 2. The van der Waals surface area contributed by atoms with E-state index in [9.17, 15) is 4.79 Å². The van der Waals surface area contributed by atoms with E-state index in [0.717, 1.165) is 11.3 Å². The molecule has 20 heavy (non-hydrogen) atoms. The van der Waals surface area contributed by atoms with Crippen molar-refractivity contribution in [3.05, 3.63) is 47.8 Å². The van der Waals surface area contributed by atoms with E-state index in [2.05, 4.69) is 12.0 Å². The van der Waals surface area contributed by atoms with Crippen LogP contribution in [0.5, 0.6) is 0 Å². The van der Waals surface area contributed by atoms with Crippen LogP contribution in [0.3, 0.4) is 0 Å². The third kappa shape index (κ3) is 2.33. The summed E-state index contributed by atoms with van der Waals surface area (Å²) in [7, 11) is 0. The van der Waals surface area contributed by atoms with Crippen LogP contribution < -0.4 is 4.90 Å². The minimum atomic E-state index is 0.0364. The molecule has 2 aromatic rings. The van der Waals surface area contributed by atoms with E-state index in [4.69, 9.17) is 0 Å². The lowest BCUT2D eigenvalue weighted by molar-refractivity contribution is 0.0952. The van der Waals surface area contributed by atoms with Gasteiger partial charge in [0.15, 0.2) is 0 Å². The first-order valence-corrected chi connectivity index (χ1v) is 7.09. The highest BCUT2D eigenvalue weighted by Crippen LogP contribution is 2.26. The van der Waals surface area contributed by atoms with Gasteiger partial charge < -0.3 is 4.90 Å². The van der Waals surface area contributed by atoms with Gasteiger partial charge >= 0.3 is 0 Å². The number of fused-ring (bicyclic) bond motifs is 1. The maximum Gasteiger partial charge on any atom is 0.276 e. The molecule has 1 aromatic carbocycles. The van der Waals surface area contributed by atoms with Crippen molar-refractivity contribution in [1.82, 2.24) is 9.78 Å². The van der Waals surface area contributed by atoms with Gasteiger partial charge in [0.25, 0.3) is 5.91 Å². The summed E-state index contributed by atoms with van der Waals surface area (Å²) in [4.78, 5) is 14.3. The van der Waals surface area contributed by atoms with E-state index in [1.165, 1.54) is 0 Å². The number of rotatable bonds is 1. The lowest BCUT2D eigenvalue weighted by Crippen LogP contribution is -2.42. The van der Waals surface area contributed by atoms with Gasteiger partial charge in [0.05, 0.1) is 12.2 Å². The minimum Gasteiger partial charge on any atom is -0.305 e. The molecule has 1 unspecified atom stereocenters. The molecular formula is C16H21N3O. The molecule has 4 nitrogen and oxygen atoms in total. The Kier molecular flexibility index (Phi) is 4.23.